The Morgan fingerprint density at radius 2 is 1.41 bits per heavy atom. The van der Waals surface area contributed by atoms with Gasteiger partial charge in [0.15, 0.2) is 0 Å². The monoisotopic (exact) mass is 549 g/mol. The summed E-state index contributed by atoms with van der Waals surface area (Å²) in [6, 6.07) is 11.2. The lowest BCUT2D eigenvalue weighted by Crippen LogP contribution is -2.28. The lowest BCUT2D eigenvalue weighted by Gasteiger charge is -2.17. The van der Waals surface area contributed by atoms with Gasteiger partial charge in [-0.15, -0.1) is 0 Å². The van der Waals surface area contributed by atoms with E-state index in [0.717, 1.165) is 74.9 Å². The molecule has 0 unspecified atom stereocenters. The molecule has 0 heterocycles. The molecule has 0 fully saturated rings. The number of fused-ring (bicyclic) bond motifs is 1. The van der Waals surface area contributed by atoms with Crippen molar-refractivity contribution in [2.24, 2.45) is 5.73 Å². The summed E-state index contributed by atoms with van der Waals surface area (Å²) in [6.07, 6.45) is -1.09. The first-order valence-corrected chi connectivity index (χ1v) is 13.5. The minimum absolute atomic E-state index is 0.332. The molecule has 0 saturated heterocycles. The maximum absolute atomic E-state index is 12.8. The Kier molecular flexibility index (Phi) is 14.4. The Hall–Kier alpha value is -2.45. The molecule has 2 aromatic carbocycles. The standard InChI is InChI=1S/C22H37N5O2S.C2HF3O2/c1-27(2)21-11-5-10-20-19(21)9-6-12-22(20)30(28,29)26-18-8-17-25-15-4-3-14-24-16-7-13-23;3-2(4,5)1(6)7/h5-6,9-12,24-26H,3-4,7-8,13-18,23H2,1-2H3;(H,6,7). The van der Waals surface area contributed by atoms with Crippen molar-refractivity contribution in [3.05, 3.63) is 36.4 Å². The number of hydrogen-bond donors (Lipinski definition) is 5. The number of anilines is 1. The molecule has 0 bridgehead atoms. The van der Waals surface area contributed by atoms with Crippen LogP contribution >= 0.6 is 0 Å². The number of hydrogen-bond acceptors (Lipinski definition) is 7. The van der Waals surface area contributed by atoms with Gasteiger partial charge in [-0.1, -0.05) is 24.3 Å². The molecule has 0 radical (unpaired) electrons. The molecule has 210 valence electrons. The van der Waals surface area contributed by atoms with Gasteiger partial charge >= 0.3 is 12.1 Å². The average molecular weight is 550 g/mol. The van der Waals surface area contributed by atoms with Gasteiger partial charge in [-0.25, -0.2) is 17.9 Å². The fraction of sp³-hybridized carbons (Fsp3) is 0.542. The second kappa shape index (κ2) is 16.4. The minimum Gasteiger partial charge on any atom is -0.475 e. The van der Waals surface area contributed by atoms with E-state index in [2.05, 4.69) is 15.4 Å². The van der Waals surface area contributed by atoms with Crippen molar-refractivity contribution in [1.82, 2.24) is 15.4 Å². The molecule has 0 aliphatic heterocycles. The van der Waals surface area contributed by atoms with E-state index in [4.69, 9.17) is 15.6 Å². The van der Waals surface area contributed by atoms with Crippen molar-refractivity contribution in [2.45, 2.75) is 36.8 Å². The molecular formula is C24H38F3N5O4S. The van der Waals surface area contributed by atoms with E-state index in [1.54, 1.807) is 12.1 Å². The third-order valence-electron chi connectivity index (χ3n) is 5.21. The van der Waals surface area contributed by atoms with E-state index in [9.17, 15) is 21.6 Å². The van der Waals surface area contributed by atoms with E-state index in [1.165, 1.54) is 0 Å². The van der Waals surface area contributed by atoms with Crippen LogP contribution in [0.3, 0.4) is 0 Å². The maximum Gasteiger partial charge on any atom is 0.490 e. The van der Waals surface area contributed by atoms with Crippen molar-refractivity contribution in [3.63, 3.8) is 0 Å². The van der Waals surface area contributed by atoms with Gasteiger partial charge in [0.05, 0.1) is 4.90 Å². The molecular weight excluding hydrogens is 511 g/mol. The van der Waals surface area contributed by atoms with E-state index in [0.29, 0.717) is 11.4 Å². The van der Waals surface area contributed by atoms with Crippen molar-refractivity contribution < 1.29 is 31.5 Å². The molecule has 2 aromatic rings. The van der Waals surface area contributed by atoms with Crippen LogP contribution in [0.25, 0.3) is 10.8 Å². The van der Waals surface area contributed by atoms with E-state index in [1.807, 2.05) is 43.3 Å². The Labute approximate surface area is 216 Å². The van der Waals surface area contributed by atoms with Crippen LogP contribution in [0.5, 0.6) is 0 Å². The highest BCUT2D eigenvalue weighted by Gasteiger charge is 2.38. The van der Waals surface area contributed by atoms with Gasteiger partial charge in [-0.2, -0.15) is 13.2 Å². The highest BCUT2D eigenvalue weighted by atomic mass is 32.2. The predicted molar refractivity (Wildman–Crippen MR) is 140 cm³/mol. The van der Waals surface area contributed by atoms with Gasteiger partial charge in [0.2, 0.25) is 10.0 Å². The number of nitrogens with one attached hydrogen (secondary N) is 3. The number of carbonyl (C=O) groups is 1. The van der Waals surface area contributed by atoms with Crippen molar-refractivity contribution in [1.29, 1.82) is 0 Å². The largest absolute Gasteiger partial charge is 0.490 e. The second-order valence-corrected chi connectivity index (χ2v) is 10.2. The molecule has 0 spiro atoms. The van der Waals surface area contributed by atoms with Crippen LogP contribution in [-0.2, 0) is 14.8 Å². The highest BCUT2D eigenvalue weighted by molar-refractivity contribution is 7.89. The quantitative estimate of drug-likeness (QED) is 0.214. The topological polar surface area (TPSA) is 137 Å². The molecule has 0 aliphatic carbocycles. The van der Waals surface area contributed by atoms with Gasteiger partial charge in [-0.3, -0.25) is 0 Å². The molecule has 0 aromatic heterocycles. The number of alkyl halides is 3. The Bertz CT molecular complexity index is 1070. The minimum atomic E-state index is -5.08. The number of nitrogens with two attached hydrogens (primary N) is 1. The number of unbranched alkanes of at least 4 members (excludes halogenated alkanes) is 1. The molecule has 2 rings (SSSR count). The van der Waals surface area contributed by atoms with Crippen LogP contribution in [0.2, 0.25) is 0 Å². The number of carboxylic acid groups (broad SMARTS) is 1. The normalized spacial score (nSPS) is 11.7. The number of benzene rings is 2. The van der Waals surface area contributed by atoms with E-state index < -0.39 is 22.2 Å². The third kappa shape index (κ3) is 12.1. The first-order chi connectivity index (χ1) is 17.4. The lowest BCUT2D eigenvalue weighted by molar-refractivity contribution is -0.192. The summed E-state index contributed by atoms with van der Waals surface area (Å²) >= 11 is 0. The number of aliphatic carboxylic acids is 1. The highest BCUT2D eigenvalue weighted by Crippen LogP contribution is 2.30. The number of carboxylic acids is 1. The van der Waals surface area contributed by atoms with Crippen LogP contribution in [0.15, 0.2) is 41.3 Å². The van der Waals surface area contributed by atoms with Gasteiger partial charge in [0.1, 0.15) is 0 Å². The zero-order chi connectivity index (χ0) is 27.9. The SMILES string of the molecule is CN(C)c1cccc2c(S(=O)(=O)NCCCNCCCCNCCCN)cccc12.O=C(O)C(F)(F)F. The van der Waals surface area contributed by atoms with Gasteiger partial charge in [0, 0.05) is 37.1 Å². The Morgan fingerprint density at radius 1 is 0.892 bits per heavy atom. The van der Waals surface area contributed by atoms with Crippen LogP contribution < -0.4 is 26.0 Å². The first kappa shape index (κ1) is 32.6. The number of nitrogens with zero attached hydrogens (tertiary/aromatic N) is 1. The number of rotatable bonds is 15. The summed E-state index contributed by atoms with van der Waals surface area (Å²) < 4.78 is 60.2. The molecule has 0 atom stereocenters. The second-order valence-electron chi connectivity index (χ2n) is 8.43. The summed E-state index contributed by atoms with van der Waals surface area (Å²) in [5, 5.41) is 15.5. The number of sulfonamides is 1. The molecule has 0 amide bonds. The van der Waals surface area contributed by atoms with E-state index in [-0.39, 0.29) is 0 Å². The van der Waals surface area contributed by atoms with Crippen molar-refractivity contribution in [2.75, 3.05) is 58.3 Å². The zero-order valence-corrected chi connectivity index (χ0v) is 22.1. The van der Waals surface area contributed by atoms with Gasteiger partial charge < -0.3 is 26.4 Å². The summed E-state index contributed by atoms with van der Waals surface area (Å²) in [4.78, 5) is 11.2. The molecule has 13 heteroatoms. The molecule has 6 N–H and O–H groups in total. The van der Waals surface area contributed by atoms with Gasteiger partial charge in [-0.05, 0) is 70.5 Å². The fourth-order valence-corrected chi connectivity index (χ4v) is 4.66. The van der Waals surface area contributed by atoms with Crippen LogP contribution in [-0.4, -0.2) is 79.0 Å². The van der Waals surface area contributed by atoms with Crippen LogP contribution in [0, 0.1) is 0 Å². The molecule has 0 saturated carbocycles. The molecule has 0 aliphatic rings. The molecule has 9 nitrogen and oxygen atoms in total. The molecule has 37 heavy (non-hydrogen) atoms. The average Bonchev–Trinajstić information content (AvgIpc) is 2.83. The van der Waals surface area contributed by atoms with Crippen molar-refractivity contribution >= 4 is 32.5 Å². The maximum atomic E-state index is 12.8. The van der Waals surface area contributed by atoms with Crippen molar-refractivity contribution in [3.8, 4) is 0 Å². The fourth-order valence-electron chi connectivity index (χ4n) is 3.36. The summed E-state index contributed by atoms with van der Waals surface area (Å²) in [5.41, 5.74) is 6.46. The van der Waals surface area contributed by atoms with Gasteiger partial charge in [0.25, 0.3) is 0 Å². The Balaban J connectivity index is 0.000000856. The zero-order valence-electron chi connectivity index (χ0n) is 21.3. The summed E-state index contributed by atoms with van der Waals surface area (Å²) in [6.45, 7) is 4.89. The van der Waals surface area contributed by atoms with Crippen LogP contribution in [0.4, 0.5) is 18.9 Å². The smallest absolute Gasteiger partial charge is 0.475 e. The summed E-state index contributed by atoms with van der Waals surface area (Å²) in [7, 11) is 0.361. The van der Waals surface area contributed by atoms with Crippen LogP contribution in [0.1, 0.15) is 25.7 Å². The predicted octanol–water partition coefficient (Wildman–Crippen LogP) is 2.52. The summed E-state index contributed by atoms with van der Waals surface area (Å²) in [5.74, 6) is -2.76. The number of halogens is 3. The Morgan fingerprint density at radius 3 is 1.95 bits per heavy atom. The lowest BCUT2D eigenvalue weighted by atomic mass is 10.1. The third-order valence-corrected chi connectivity index (χ3v) is 6.73. The van der Waals surface area contributed by atoms with E-state index >= 15 is 0 Å². The first-order valence-electron chi connectivity index (χ1n) is 12.0.